The summed E-state index contributed by atoms with van der Waals surface area (Å²) in [6.45, 7) is 2.30. The number of carbonyl (C=O) groups excluding carboxylic acids is 1. The number of hydrogen-bond acceptors (Lipinski definition) is 4. The van der Waals surface area contributed by atoms with Crippen molar-refractivity contribution in [3.63, 3.8) is 0 Å². The molecule has 1 amide bonds. The SMILES string of the molecule is CNCC(C)(NC)C(=O)NN. The predicted molar refractivity (Wildman–Crippen MR) is 43.7 cm³/mol. The first-order chi connectivity index (χ1) is 5.10. The van der Waals surface area contributed by atoms with Crippen LogP contribution in [0.1, 0.15) is 6.92 Å². The topological polar surface area (TPSA) is 79.2 Å². The number of nitrogens with two attached hydrogens (primary N) is 1. The molecule has 0 aromatic rings. The molecule has 0 saturated carbocycles. The zero-order valence-electron chi connectivity index (χ0n) is 7.19. The van der Waals surface area contributed by atoms with Crippen LogP contribution in [0.25, 0.3) is 0 Å². The summed E-state index contributed by atoms with van der Waals surface area (Å²) >= 11 is 0. The molecule has 0 rings (SSSR count). The summed E-state index contributed by atoms with van der Waals surface area (Å²) in [5, 5.41) is 5.77. The van der Waals surface area contributed by atoms with Gasteiger partial charge in [-0.3, -0.25) is 10.2 Å². The van der Waals surface area contributed by atoms with Crippen molar-refractivity contribution in [1.82, 2.24) is 16.1 Å². The van der Waals surface area contributed by atoms with Gasteiger partial charge in [0.1, 0.15) is 5.54 Å². The number of rotatable bonds is 4. The van der Waals surface area contributed by atoms with E-state index in [1.54, 1.807) is 21.0 Å². The first-order valence-corrected chi connectivity index (χ1v) is 3.45. The number of carbonyl (C=O) groups is 1. The molecule has 0 aliphatic carbocycles. The summed E-state index contributed by atoms with van der Waals surface area (Å²) in [5.74, 6) is 4.77. The van der Waals surface area contributed by atoms with Crippen LogP contribution in [-0.2, 0) is 4.79 Å². The first-order valence-electron chi connectivity index (χ1n) is 3.45. The van der Waals surface area contributed by atoms with E-state index < -0.39 is 5.54 Å². The van der Waals surface area contributed by atoms with Gasteiger partial charge in [-0.15, -0.1) is 0 Å². The number of likely N-dealkylation sites (N-methyl/N-ethyl adjacent to an activating group) is 2. The smallest absolute Gasteiger partial charge is 0.255 e. The van der Waals surface area contributed by atoms with E-state index in [2.05, 4.69) is 16.1 Å². The van der Waals surface area contributed by atoms with Crippen molar-refractivity contribution in [1.29, 1.82) is 0 Å². The van der Waals surface area contributed by atoms with Gasteiger partial charge in [0.2, 0.25) is 0 Å². The molecular formula is C6H16N4O. The normalized spacial score (nSPS) is 15.6. The van der Waals surface area contributed by atoms with E-state index in [-0.39, 0.29) is 5.91 Å². The molecule has 5 heteroatoms. The molecule has 0 aliphatic rings. The van der Waals surface area contributed by atoms with Crippen LogP contribution >= 0.6 is 0 Å². The van der Waals surface area contributed by atoms with E-state index in [9.17, 15) is 4.79 Å². The van der Waals surface area contributed by atoms with Crippen LogP contribution in [0.4, 0.5) is 0 Å². The third-order valence-electron chi connectivity index (χ3n) is 1.71. The zero-order valence-corrected chi connectivity index (χ0v) is 7.19. The Kier molecular flexibility index (Phi) is 4.02. The van der Waals surface area contributed by atoms with Crippen molar-refractivity contribution in [2.24, 2.45) is 5.84 Å². The van der Waals surface area contributed by atoms with Gasteiger partial charge in [-0.1, -0.05) is 0 Å². The fraction of sp³-hybridized carbons (Fsp3) is 0.833. The van der Waals surface area contributed by atoms with Gasteiger partial charge in [0, 0.05) is 6.54 Å². The molecule has 0 saturated heterocycles. The molecule has 0 heterocycles. The molecule has 1 unspecified atom stereocenters. The van der Waals surface area contributed by atoms with E-state index in [0.29, 0.717) is 6.54 Å². The highest BCUT2D eigenvalue weighted by molar-refractivity contribution is 5.85. The molecule has 5 nitrogen and oxygen atoms in total. The van der Waals surface area contributed by atoms with Gasteiger partial charge in [0.25, 0.3) is 5.91 Å². The lowest BCUT2D eigenvalue weighted by atomic mass is 10.0. The maximum atomic E-state index is 11.1. The molecule has 0 radical (unpaired) electrons. The highest BCUT2D eigenvalue weighted by Crippen LogP contribution is 1.99. The Morgan fingerprint density at radius 3 is 2.36 bits per heavy atom. The monoisotopic (exact) mass is 160 g/mol. The summed E-state index contributed by atoms with van der Waals surface area (Å²) in [7, 11) is 3.49. The van der Waals surface area contributed by atoms with Crippen molar-refractivity contribution >= 4 is 5.91 Å². The van der Waals surface area contributed by atoms with E-state index in [1.807, 2.05) is 0 Å². The Hall–Kier alpha value is -0.650. The van der Waals surface area contributed by atoms with Crippen LogP contribution in [0, 0.1) is 0 Å². The predicted octanol–water partition coefficient (Wildman–Crippen LogP) is -1.83. The van der Waals surface area contributed by atoms with Crippen LogP contribution in [0.15, 0.2) is 0 Å². The maximum absolute atomic E-state index is 11.1. The Morgan fingerprint density at radius 2 is 2.09 bits per heavy atom. The summed E-state index contributed by atoms with van der Waals surface area (Å²) < 4.78 is 0. The molecule has 0 aromatic heterocycles. The summed E-state index contributed by atoms with van der Waals surface area (Å²) in [5.41, 5.74) is 1.46. The third-order valence-corrected chi connectivity index (χ3v) is 1.71. The lowest BCUT2D eigenvalue weighted by molar-refractivity contribution is -0.126. The fourth-order valence-corrected chi connectivity index (χ4v) is 0.795. The third kappa shape index (κ3) is 2.45. The molecule has 0 aliphatic heterocycles. The lowest BCUT2D eigenvalue weighted by Crippen LogP contribution is -2.59. The van der Waals surface area contributed by atoms with Crippen molar-refractivity contribution in [3.8, 4) is 0 Å². The molecule has 0 fully saturated rings. The van der Waals surface area contributed by atoms with Gasteiger partial charge in [-0.05, 0) is 21.0 Å². The molecule has 11 heavy (non-hydrogen) atoms. The molecule has 5 N–H and O–H groups in total. The second kappa shape index (κ2) is 4.27. The van der Waals surface area contributed by atoms with Crippen molar-refractivity contribution in [2.45, 2.75) is 12.5 Å². The van der Waals surface area contributed by atoms with Crippen LogP contribution in [-0.4, -0.2) is 32.1 Å². The van der Waals surface area contributed by atoms with Crippen LogP contribution in [0.3, 0.4) is 0 Å². The second-order valence-corrected chi connectivity index (χ2v) is 2.59. The minimum Gasteiger partial charge on any atom is -0.317 e. The van der Waals surface area contributed by atoms with Crippen molar-refractivity contribution < 1.29 is 4.79 Å². The molecular weight excluding hydrogens is 144 g/mol. The van der Waals surface area contributed by atoms with Gasteiger partial charge < -0.3 is 10.6 Å². The standard InChI is InChI=1S/C6H16N4O/c1-6(9-3,4-8-2)5(11)10-7/h8-9H,4,7H2,1-3H3,(H,10,11). The fourth-order valence-electron chi connectivity index (χ4n) is 0.795. The van der Waals surface area contributed by atoms with E-state index in [4.69, 9.17) is 5.84 Å². The number of nitrogens with one attached hydrogen (secondary N) is 3. The summed E-state index contributed by atoms with van der Waals surface area (Å²) in [6.07, 6.45) is 0. The Labute approximate surface area is 66.7 Å². The summed E-state index contributed by atoms with van der Waals surface area (Å²) in [6, 6.07) is 0. The molecule has 0 bridgehead atoms. The largest absolute Gasteiger partial charge is 0.317 e. The van der Waals surface area contributed by atoms with Crippen molar-refractivity contribution in [2.75, 3.05) is 20.6 Å². The number of hydrazine groups is 1. The minimum atomic E-state index is -0.635. The highest BCUT2D eigenvalue weighted by atomic mass is 16.2. The van der Waals surface area contributed by atoms with Crippen LogP contribution < -0.4 is 21.9 Å². The molecule has 1 atom stereocenters. The Bertz CT molecular complexity index is 139. The van der Waals surface area contributed by atoms with Gasteiger partial charge in [-0.2, -0.15) is 0 Å². The number of hydrogen-bond donors (Lipinski definition) is 4. The lowest BCUT2D eigenvalue weighted by Gasteiger charge is -2.26. The molecule has 0 spiro atoms. The van der Waals surface area contributed by atoms with E-state index in [1.165, 1.54) is 0 Å². The Balaban J connectivity index is 4.19. The quantitative estimate of drug-likeness (QED) is 0.222. The average molecular weight is 160 g/mol. The van der Waals surface area contributed by atoms with E-state index in [0.717, 1.165) is 0 Å². The number of amides is 1. The molecule has 0 aromatic carbocycles. The second-order valence-electron chi connectivity index (χ2n) is 2.59. The average Bonchev–Trinajstić information content (AvgIpc) is 2.03. The van der Waals surface area contributed by atoms with Gasteiger partial charge >= 0.3 is 0 Å². The van der Waals surface area contributed by atoms with Crippen molar-refractivity contribution in [3.05, 3.63) is 0 Å². The van der Waals surface area contributed by atoms with Crippen LogP contribution in [0.2, 0.25) is 0 Å². The zero-order chi connectivity index (χ0) is 8.91. The minimum absolute atomic E-state index is 0.227. The first kappa shape index (κ1) is 10.3. The van der Waals surface area contributed by atoms with Gasteiger partial charge in [0.05, 0.1) is 0 Å². The Morgan fingerprint density at radius 1 is 1.55 bits per heavy atom. The summed E-state index contributed by atoms with van der Waals surface area (Å²) in [4.78, 5) is 11.1. The van der Waals surface area contributed by atoms with Gasteiger partial charge in [0.15, 0.2) is 0 Å². The van der Waals surface area contributed by atoms with Gasteiger partial charge in [-0.25, -0.2) is 5.84 Å². The maximum Gasteiger partial charge on any atom is 0.255 e. The van der Waals surface area contributed by atoms with E-state index >= 15 is 0 Å². The molecule has 66 valence electrons. The van der Waals surface area contributed by atoms with Crippen LogP contribution in [0.5, 0.6) is 0 Å². The highest BCUT2D eigenvalue weighted by Gasteiger charge is 2.29.